The average molecular weight is 354 g/mol. The largest absolute Gasteiger partial charge is 0.297 e. The van der Waals surface area contributed by atoms with Crippen molar-refractivity contribution in [2.24, 2.45) is 0 Å². The lowest BCUT2D eigenvalue weighted by Gasteiger charge is -2.34. The standard InChI is InChI=1S/C18H22N6S/c1-15-5-2-3-6-16(15)13-22-8-10-23(11-9-22)14-24-20-18(19-21-24)17-7-4-12-25-17/h2-7,12H,8-11,13-14H2,1H3. The molecule has 2 aromatic heterocycles. The van der Waals surface area contributed by atoms with Crippen molar-refractivity contribution in [2.45, 2.75) is 20.1 Å². The molecule has 0 radical (unpaired) electrons. The zero-order chi connectivity index (χ0) is 17.1. The van der Waals surface area contributed by atoms with Gasteiger partial charge in [-0.05, 0) is 34.7 Å². The van der Waals surface area contributed by atoms with Crippen LogP contribution in [-0.4, -0.2) is 56.2 Å². The van der Waals surface area contributed by atoms with E-state index in [1.807, 2.05) is 17.5 Å². The molecular weight excluding hydrogens is 332 g/mol. The third-order valence-electron chi connectivity index (χ3n) is 4.64. The van der Waals surface area contributed by atoms with Gasteiger partial charge in [0.15, 0.2) is 0 Å². The van der Waals surface area contributed by atoms with Gasteiger partial charge in [-0.15, -0.1) is 26.3 Å². The van der Waals surface area contributed by atoms with E-state index in [0.717, 1.165) is 37.6 Å². The molecule has 1 saturated heterocycles. The number of aromatic nitrogens is 4. The quantitative estimate of drug-likeness (QED) is 0.705. The van der Waals surface area contributed by atoms with Crippen LogP contribution in [-0.2, 0) is 13.2 Å². The minimum Gasteiger partial charge on any atom is -0.297 e. The first-order chi connectivity index (χ1) is 12.3. The monoisotopic (exact) mass is 354 g/mol. The van der Waals surface area contributed by atoms with Crippen molar-refractivity contribution >= 4 is 11.3 Å². The molecule has 0 amide bonds. The Morgan fingerprint density at radius 3 is 2.56 bits per heavy atom. The van der Waals surface area contributed by atoms with E-state index < -0.39 is 0 Å². The molecule has 1 aliphatic heterocycles. The van der Waals surface area contributed by atoms with Crippen LogP contribution in [0, 0.1) is 6.92 Å². The summed E-state index contributed by atoms with van der Waals surface area (Å²) in [6, 6.07) is 12.7. The predicted octanol–water partition coefficient (Wildman–Crippen LogP) is 2.49. The smallest absolute Gasteiger partial charge is 0.214 e. The normalized spacial score (nSPS) is 16.4. The van der Waals surface area contributed by atoms with Crippen molar-refractivity contribution in [3.63, 3.8) is 0 Å². The average Bonchev–Trinajstić information content (AvgIpc) is 3.30. The van der Waals surface area contributed by atoms with Crippen molar-refractivity contribution in [3.8, 4) is 10.7 Å². The van der Waals surface area contributed by atoms with Crippen LogP contribution < -0.4 is 0 Å². The number of hydrogen-bond donors (Lipinski definition) is 0. The van der Waals surface area contributed by atoms with Gasteiger partial charge in [0.2, 0.25) is 5.82 Å². The molecule has 0 unspecified atom stereocenters. The molecule has 0 atom stereocenters. The molecule has 130 valence electrons. The van der Waals surface area contributed by atoms with Gasteiger partial charge in [-0.3, -0.25) is 9.80 Å². The van der Waals surface area contributed by atoms with Crippen LogP contribution in [0.1, 0.15) is 11.1 Å². The maximum atomic E-state index is 4.49. The number of piperazine rings is 1. The molecular formula is C18H22N6S. The second kappa shape index (κ2) is 7.43. The van der Waals surface area contributed by atoms with E-state index in [0.29, 0.717) is 12.5 Å². The molecule has 3 heterocycles. The SMILES string of the molecule is Cc1ccccc1CN1CCN(Cn2nnc(-c3cccs3)n2)CC1. The zero-order valence-electron chi connectivity index (χ0n) is 14.4. The van der Waals surface area contributed by atoms with Gasteiger partial charge in [0.1, 0.15) is 6.67 Å². The Kier molecular flexibility index (Phi) is 4.87. The van der Waals surface area contributed by atoms with Crippen LogP contribution >= 0.6 is 11.3 Å². The number of hydrogen-bond acceptors (Lipinski definition) is 6. The topological polar surface area (TPSA) is 50.1 Å². The number of aryl methyl sites for hydroxylation is 1. The summed E-state index contributed by atoms with van der Waals surface area (Å²) in [6.45, 7) is 8.12. The Morgan fingerprint density at radius 2 is 1.80 bits per heavy atom. The lowest BCUT2D eigenvalue weighted by atomic mass is 10.1. The molecule has 0 spiro atoms. The van der Waals surface area contributed by atoms with E-state index in [4.69, 9.17) is 0 Å². The van der Waals surface area contributed by atoms with Gasteiger partial charge in [0, 0.05) is 32.7 Å². The van der Waals surface area contributed by atoms with Gasteiger partial charge in [0.25, 0.3) is 0 Å². The van der Waals surface area contributed by atoms with E-state index >= 15 is 0 Å². The van der Waals surface area contributed by atoms with E-state index in [2.05, 4.69) is 56.4 Å². The minimum absolute atomic E-state index is 0.705. The van der Waals surface area contributed by atoms with Gasteiger partial charge < -0.3 is 0 Å². The fourth-order valence-corrected chi connectivity index (χ4v) is 3.75. The number of tetrazole rings is 1. The Morgan fingerprint density at radius 1 is 1.00 bits per heavy atom. The van der Waals surface area contributed by atoms with Crippen molar-refractivity contribution in [2.75, 3.05) is 26.2 Å². The van der Waals surface area contributed by atoms with Crippen LogP contribution in [0.3, 0.4) is 0 Å². The Bertz CT molecular complexity index is 805. The van der Waals surface area contributed by atoms with Gasteiger partial charge in [0.05, 0.1) is 4.88 Å². The molecule has 0 bridgehead atoms. The highest BCUT2D eigenvalue weighted by Gasteiger charge is 2.18. The lowest BCUT2D eigenvalue weighted by molar-refractivity contribution is 0.0929. The van der Waals surface area contributed by atoms with Gasteiger partial charge >= 0.3 is 0 Å². The predicted molar refractivity (Wildman–Crippen MR) is 99.2 cm³/mol. The number of benzene rings is 1. The third kappa shape index (κ3) is 3.95. The molecule has 1 aromatic carbocycles. The molecule has 4 rings (SSSR count). The van der Waals surface area contributed by atoms with E-state index in [-0.39, 0.29) is 0 Å². The summed E-state index contributed by atoms with van der Waals surface area (Å²) < 4.78 is 0. The molecule has 1 aliphatic rings. The van der Waals surface area contributed by atoms with E-state index in [1.165, 1.54) is 11.1 Å². The highest BCUT2D eigenvalue weighted by atomic mass is 32.1. The van der Waals surface area contributed by atoms with Crippen LogP contribution in [0.4, 0.5) is 0 Å². The third-order valence-corrected chi connectivity index (χ3v) is 5.51. The first kappa shape index (κ1) is 16.4. The number of rotatable bonds is 5. The fraction of sp³-hybridized carbons (Fsp3) is 0.389. The van der Waals surface area contributed by atoms with E-state index in [9.17, 15) is 0 Å². The molecule has 1 fully saturated rings. The maximum Gasteiger partial charge on any atom is 0.214 e. The van der Waals surface area contributed by atoms with Crippen molar-refractivity contribution in [1.29, 1.82) is 0 Å². The minimum atomic E-state index is 0.705. The number of thiophene rings is 1. The first-order valence-electron chi connectivity index (χ1n) is 8.59. The second-order valence-electron chi connectivity index (χ2n) is 6.42. The molecule has 6 nitrogen and oxygen atoms in total. The molecule has 0 saturated carbocycles. The van der Waals surface area contributed by atoms with Crippen LogP contribution in [0.25, 0.3) is 10.7 Å². The van der Waals surface area contributed by atoms with Gasteiger partial charge in [-0.2, -0.15) is 0 Å². The van der Waals surface area contributed by atoms with E-state index in [1.54, 1.807) is 16.1 Å². The summed E-state index contributed by atoms with van der Waals surface area (Å²) in [5.41, 5.74) is 2.80. The first-order valence-corrected chi connectivity index (χ1v) is 9.47. The van der Waals surface area contributed by atoms with Gasteiger partial charge in [-0.25, -0.2) is 0 Å². The highest BCUT2D eigenvalue weighted by Crippen LogP contribution is 2.19. The Labute approximate surface area is 151 Å². The lowest BCUT2D eigenvalue weighted by Crippen LogP contribution is -2.46. The fourth-order valence-electron chi connectivity index (χ4n) is 3.10. The molecule has 0 N–H and O–H groups in total. The molecule has 0 aliphatic carbocycles. The zero-order valence-corrected chi connectivity index (χ0v) is 15.2. The Hall–Kier alpha value is -2.09. The van der Waals surface area contributed by atoms with Crippen LogP contribution in [0.15, 0.2) is 41.8 Å². The molecule has 3 aromatic rings. The summed E-state index contributed by atoms with van der Waals surface area (Å²) >= 11 is 1.64. The summed E-state index contributed by atoms with van der Waals surface area (Å²) in [6.07, 6.45) is 0. The summed E-state index contributed by atoms with van der Waals surface area (Å²) in [5, 5.41) is 14.9. The summed E-state index contributed by atoms with van der Waals surface area (Å²) in [7, 11) is 0. The van der Waals surface area contributed by atoms with Crippen molar-refractivity contribution in [1.82, 2.24) is 30.0 Å². The summed E-state index contributed by atoms with van der Waals surface area (Å²) in [5.74, 6) is 0.716. The maximum absolute atomic E-state index is 4.49. The van der Waals surface area contributed by atoms with Crippen LogP contribution in [0.2, 0.25) is 0 Å². The summed E-state index contributed by atoms with van der Waals surface area (Å²) in [4.78, 5) is 7.67. The van der Waals surface area contributed by atoms with Crippen LogP contribution in [0.5, 0.6) is 0 Å². The molecule has 7 heteroatoms. The number of nitrogens with zero attached hydrogens (tertiary/aromatic N) is 6. The van der Waals surface area contributed by atoms with Gasteiger partial charge in [-0.1, -0.05) is 30.3 Å². The second-order valence-corrected chi connectivity index (χ2v) is 7.37. The van der Waals surface area contributed by atoms with Crippen molar-refractivity contribution in [3.05, 3.63) is 52.9 Å². The Balaban J connectivity index is 1.30. The highest BCUT2D eigenvalue weighted by molar-refractivity contribution is 7.13. The molecule has 25 heavy (non-hydrogen) atoms. The van der Waals surface area contributed by atoms with Crippen molar-refractivity contribution < 1.29 is 0 Å².